The summed E-state index contributed by atoms with van der Waals surface area (Å²) in [4.78, 5) is 10.7. The molecule has 3 rings (SSSR count). The molecule has 1 aliphatic carbocycles. The van der Waals surface area contributed by atoms with Crippen molar-refractivity contribution in [2.24, 2.45) is 5.92 Å². The Bertz CT molecular complexity index is 740. The molecule has 26 heavy (non-hydrogen) atoms. The van der Waals surface area contributed by atoms with Crippen molar-refractivity contribution >= 4 is 15.7 Å². The smallest absolute Gasteiger partial charge is 0.312 e. The number of hydrogen-bond donors (Lipinski definition) is 0. The fourth-order valence-corrected chi connectivity index (χ4v) is 4.85. The molecular formula is C17H24N2O6S. The highest BCUT2D eigenvalue weighted by Crippen LogP contribution is 2.32. The molecule has 0 amide bonds. The molecule has 9 heteroatoms. The summed E-state index contributed by atoms with van der Waals surface area (Å²) < 4.78 is 37.5. The van der Waals surface area contributed by atoms with Gasteiger partial charge in [-0.15, -0.1) is 0 Å². The van der Waals surface area contributed by atoms with Crippen molar-refractivity contribution in [2.45, 2.75) is 37.0 Å². The first-order valence-electron chi connectivity index (χ1n) is 8.97. The van der Waals surface area contributed by atoms with Crippen molar-refractivity contribution < 1.29 is 22.8 Å². The van der Waals surface area contributed by atoms with Crippen LogP contribution in [-0.4, -0.2) is 50.6 Å². The highest BCUT2D eigenvalue weighted by Gasteiger charge is 2.29. The predicted octanol–water partition coefficient (Wildman–Crippen LogP) is 2.57. The van der Waals surface area contributed by atoms with Gasteiger partial charge in [-0.1, -0.05) is 19.3 Å². The van der Waals surface area contributed by atoms with Crippen molar-refractivity contribution in [3.63, 3.8) is 0 Å². The van der Waals surface area contributed by atoms with Crippen LogP contribution in [0.5, 0.6) is 5.75 Å². The van der Waals surface area contributed by atoms with Gasteiger partial charge in [0, 0.05) is 19.2 Å². The number of morpholine rings is 1. The summed E-state index contributed by atoms with van der Waals surface area (Å²) in [6, 6.07) is 3.88. The average molecular weight is 384 g/mol. The van der Waals surface area contributed by atoms with E-state index in [0.717, 1.165) is 31.7 Å². The van der Waals surface area contributed by atoms with E-state index in [-0.39, 0.29) is 29.4 Å². The van der Waals surface area contributed by atoms with Crippen LogP contribution in [-0.2, 0) is 14.8 Å². The second kappa shape index (κ2) is 8.32. The number of sulfonamides is 1. The zero-order valence-corrected chi connectivity index (χ0v) is 15.4. The van der Waals surface area contributed by atoms with Crippen molar-refractivity contribution in [1.82, 2.24) is 4.31 Å². The number of benzene rings is 1. The molecule has 1 aromatic carbocycles. The highest BCUT2D eigenvalue weighted by molar-refractivity contribution is 7.89. The van der Waals surface area contributed by atoms with Crippen molar-refractivity contribution in [3.05, 3.63) is 28.3 Å². The van der Waals surface area contributed by atoms with Crippen molar-refractivity contribution in [3.8, 4) is 5.75 Å². The van der Waals surface area contributed by atoms with E-state index in [2.05, 4.69) is 0 Å². The van der Waals surface area contributed by atoms with E-state index in [1.807, 2.05) is 0 Å². The summed E-state index contributed by atoms with van der Waals surface area (Å²) in [5.41, 5.74) is -0.310. The van der Waals surface area contributed by atoms with Crippen LogP contribution in [0.3, 0.4) is 0 Å². The lowest BCUT2D eigenvalue weighted by atomic mass is 9.90. The topological polar surface area (TPSA) is 99.0 Å². The van der Waals surface area contributed by atoms with E-state index in [1.165, 1.54) is 22.9 Å². The van der Waals surface area contributed by atoms with Gasteiger partial charge in [-0.05, 0) is 30.9 Å². The van der Waals surface area contributed by atoms with Gasteiger partial charge in [0.2, 0.25) is 10.0 Å². The van der Waals surface area contributed by atoms with Gasteiger partial charge in [0.15, 0.2) is 5.75 Å². The second-order valence-corrected chi connectivity index (χ2v) is 8.66. The number of nitro benzene ring substituents is 1. The minimum absolute atomic E-state index is 0.0869. The first-order valence-corrected chi connectivity index (χ1v) is 10.4. The molecule has 0 unspecified atom stereocenters. The molecule has 1 saturated carbocycles. The van der Waals surface area contributed by atoms with Gasteiger partial charge in [0.05, 0.1) is 29.6 Å². The van der Waals surface area contributed by atoms with Crippen LogP contribution in [0, 0.1) is 16.0 Å². The molecule has 0 radical (unpaired) electrons. The lowest BCUT2D eigenvalue weighted by Crippen LogP contribution is -2.40. The SMILES string of the molecule is O=[N+]([O-])c1cc(S(=O)(=O)N2CCOCC2)ccc1OCC1CCCCC1. The van der Waals surface area contributed by atoms with E-state index >= 15 is 0 Å². The minimum Gasteiger partial charge on any atom is -0.487 e. The third-order valence-electron chi connectivity index (χ3n) is 4.93. The van der Waals surface area contributed by atoms with Crippen molar-refractivity contribution in [2.75, 3.05) is 32.9 Å². The molecule has 0 bridgehead atoms. The van der Waals surface area contributed by atoms with Crippen LogP contribution in [0.2, 0.25) is 0 Å². The van der Waals surface area contributed by atoms with E-state index < -0.39 is 14.9 Å². The average Bonchev–Trinajstić information content (AvgIpc) is 2.67. The monoisotopic (exact) mass is 384 g/mol. The zero-order chi connectivity index (χ0) is 18.6. The second-order valence-electron chi connectivity index (χ2n) is 6.72. The Kier molecular flexibility index (Phi) is 6.10. The Morgan fingerprint density at radius 1 is 1.19 bits per heavy atom. The minimum atomic E-state index is -3.78. The fourth-order valence-electron chi connectivity index (χ4n) is 3.42. The van der Waals surface area contributed by atoms with Gasteiger partial charge >= 0.3 is 5.69 Å². The summed E-state index contributed by atoms with van der Waals surface area (Å²) in [5, 5.41) is 11.4. The van der Waals surface area contributed by atoms with E-state index in [0.29, 0.717) is 25.7 Å². The van der Waals surface area contributed by atoms with Crippen LogP contribution in [0.15, 0.2) is 23.1 Å². The largest absolute Gasteiger partial charge is 0.487 e. The molecule has 1 heterocycles. The lowest BCUT2D eigenvalue weighted by Gasteiger charge is -2.26. The Morgan fingerprint density at radius 3 is 2.54 bits per heavy atom. The molecule has 0 aromatic heterocycles. The Morgan fingerprint density at radius 2 is 1.88 bits per heavy atom. The Labute approximate surface area is 153 Å². The van der Waals surface area contributed by atoms with Gasteiger partial charge in [0.1, 0.15) is 0 Å². The summed E-state index contributed by atoms with van der Waals surface area (Å²) in [6.45, 7) is 1.57. The third-order valence-corrected chi connectivity index (χ3v) is 6.83. The van der Waals surface area contributed by atoms with Crippen LogP contribution in [0.4, 0.5) is 5.69 Å². The maximum atomic E-state index is 12.7. The standard InChI is InChI=1S/C17H24N2O6S/c20-19(21)16-12-15(26(22,23)18-8-10-24-11-9-18)6-7-17(16)25-13-14-4-2-1-3-5-14/h6-7,12,14H,1-5,8-11,13H2. The Balaban J connectivity index is 1.78. The van der Waals surface area contributed by atoms with Gasteiger partial charge in [-0.25, -0.2) is 8.42 Å². The number of ether oxygens (including phenoxy) is 2. The predicted molar refractivity (Wildman–Crippen MR) is 94.7 cm³/mol. The van der Waals surface area contributed by atoms with Crippen LogP contribution in [0.1, 0.15) is 32.1 Å². The molecule has 2 fully saturated rings. The van der Waals surface area contributed by atoms with Gasteiger partial charge in [-0.3, -0.25) is 10.1 Å². The molecule has 1 aliphatic heterocycles. The summed E-state index contributed by atoms with van der Waals surface area (Å²) >= 11 is 0. The summed E-state index contributed by atoms with van der Waals surface area (Å²) in [7, 11) is -3.78. The maximum absolute atomic E-state index is 12.7. The summed E-state index contributed by atoms with van der Waals surface area (Å²) in [6.07, 6.45) is 5.68. The quantitative estimate of drug-likeness (QED) is 0.552. The molecule has 0 spiro atoms. The normalized spacial score (nSPS) is 20.0. The van der Waals surface area contributed by atoms with E-state index in [4.69, 9.17) is 9.47 Å². The van der Waals surface area contributed by atoms with Gasteiger partial charge in [-0.2, -0.15) is 4.31 Å². The number of nitrogens with zero attached hydrogens (tertiary/aromatic N) is 2. The van der Waals surface area contributed by atoms with Gasteiger partial charge < -0.3 is 9.47 Å². The molecule has 1 aromatic rings. The molecule has 1 saturated heterocycles. The molecule has 0 N–H and O–H groups in total. The molecular weight excluding hydrogens is 360 g/mol. The van der Waals surface area contributed by atoms with Crippen LogP contribution >= 0.6 is 0 Å². The fraction of sp³-hybridized carbons (Fsp3) is 0.647. The van der Waals surface area contributed by atoms with Gasteiger partial charge in [0.25, 0.3) is 0 Å². The summed E-state index contributed by atoms with van der Waals surface area (Å²) in [5.74, 6) is 0.529. The molecule has 8 nitrogen and oxygen atoms in total. The molecule has 0 atom stereocenters. The number of rotatable bonds is 6. The van der Waals surface area contributed by atoms with Crippen LogP contribution in [0.25, 0.3) is 0 Å². The van der Waals surface area contributed by atoms with E-state index in [1.54, 1.807) is 0 Å². The van der Waals surface area contributed by atoms with E-state index in [9.17, 15) is 18.5 Å². The maximum Gasteiger partial charge on any atom is 0.312 e. The lowest BCUT2D eigenvalue weighted by molar-refractivity contribution is -0.386. The number of hydrogen-bond acceptors (Lipinski definition) is 6. The third kappa shape index (κ3) is 4.33. The molecule has 2 aliphatic rings. The van der Waals surface area contributed by atoms with Crippen LogP contribution < -0.4 is 4.74 Å². The first-order chi connectivity index (χ1) is 12.5. The molecule has 144 valence electrons. The first kappa shape index (κ1) is 19.1. The zero-order valence-electron chi connectivity index (χ0n) is 14.6. The number of nitro groups is 1. The Hall–Kier alpha value is -1.71. The highest BCUT2D eigenvalue weighted by atomic mass is 32.2. The van der Waals surface area contributed by atoms with Crippen molar-refractivity contribution in [1.29, 1.82) is 0 Å².